The van der Waals surface area contributed by atoms with Crippen molar-refractivity contribution in [2.24, 2.45) is 0 Å². The molecule has 0 aromatic heterocycles. The third-order valence-corrected chi connectivity index (χ3v) is 11.8. The number of hydrogen-bond donors (Lipinski definition) is 4. The highest BCUT2D eigenvalue weighted by molar-refractivity contribution is 7.54. The summed E-state index contributed by atoms with van der Waals surface area (Å²) >= 11 is 0. The zero-order chi connectivity index (χ0) is 34.2. The van der Waals surface area contributed by atoms with Gasteiger partial charge in [-0.3, -0.25) is 0 Å². The zero-order valence-corrected chi connectivity index (χ0v) is 28.2. The lowest BCUT2D eigenvalue weighted by atomic mass is 9.91. The molecule has 5 aromatic carbocycles. The molecule has 0 amide bonds. The number of aliphatic hydroxyl groups is 4. The van der Waals surface area contributed by atoms with Gasteiger partial charge in [0.1, 0.15) is 5.75 Å². The molecular weight excluding hydrogens is 635 g/mol. The molecule has 49 heavy (non-hydrogen) atoms. The first-order valence-corrected chi connectivity index (χ1v) is 18.1. The van der Waals surface area contributed by atoms with Crippen molar-refractivity contribution in [3.05, 3.63) is 173 Å². The maximum atomic E-state index is 16.4. The standard InChI is InChI=1S/C40H43N2O6P/c43-28-34-18-10-16-32(22-34)26-41-37(24-30-12-4-1-5-13-30)39(45)40(46)38(25-31-14-6-2-7-15-31)42(27-33-17-11-19-35(23-33)29-44)49(41,47)48-36-20-8-3-9-21-36/h1-23,37-40,43-46H,24-29H2. The van der Waals surface area contributed by atoms with Crippen molar-refractivity contribution in [2.45, 2.75) is 63.4 Å². The van der Waals surface area contributed by atoms with Crippen molar-refractivity contribution in [3.63, 3.8) is 0 Å². The van der Waals surface area contributed by atoms with E-state index in [2.05, 4.69) is 0 Å². The van der Waals surface area contributed by atoms with Gasteiger partial charge >= 0.3 is 7.67 Å². The molecule has 0 bridgehead atoms. The summed E-state index contributed by atoms with van der Waals surface area (Å²) in [7, 11) is -4.22. The monoisotopic (exact) mass is 678 g/mol. The fourth-order valence-corrected chi connectivity index (χ4v) is 9.43. The van der Waals surface area contributed by atoms with Crippen LogP contribution in [0.25, 0.3) is 0 Å². The summed E-state index contributed by atoms with van der Waals surface area (Å²) in [5, 5.41) is 44.5. The fraction of sp³-hybridized carbons (Fsp3) is 0.250. The van der Waals surface area contributed by atoms with Gasteiger partial charge in [0.25, 0.3) is 0 Å². The third kappa shape index (κ3) is 8.20. The van der Waals surface area contributed by atoms with Crippen LogP contribution < -0.4 is 4.52 Å². The molecule has 6 rings (SSSR count). The Morgan fingerprint density at radius 1 is 0.510 bits per heavy atom. The van der Waals surface area contributed by atoms with Crippen molar-refractivity contribution in [1.82, 2.24) is 9.34 Å². The SMILES string of the molecule is O=P1(Oc2ccccc2)N(Cc2cccc(CO)c2)C(Cc2ccccc2)C(O)C(O)C(Cc2ccccc2)N1Cc1cccc(CO)c1. The van der Waals surface area contributed by atoms with E-state index in [1.807, 2.05) is 127 Å². The van der Waals surface area contributed by atoms with Gasteiger partial charge in [-0.1, -0.05) is 127 Å². The molecule has 1 saturated heterocycles. The molecule has 4 atom stereocenters. The Bertz CT molecular complexity index is 1720. The highest BCUT2D eigenvalue weighted by Crippen LogP contribution is 2.60. The number of hydrogen-bond acceptors (Lipinski definition) is 6. The second kappa shape index (κ2) is 16.1. The quantitative estimate of drug-likeness (QED) is 0.117. The van der Waals surface area contributed by atoms with E-state index in [-0.39, 0.29) is 39.1 Å². The van der Waals surface area contributed by atoms with Gasteiger partial charge in [0.2, 0.25) is 0 Å². The zero-order valence-electron chi connectivity index (χ0n) is 27.3. The van der Waals surface area contributed by atoms with Crippen molar-refractivity contribution in [1.29, 1.82) is 0 Å². The summed E-state index contributed by atoms with van der Waals surface area (Å²) in [5.41, 5.74) is 4.75. The number of para-hydroxylation sites is 1. The van der Waals surface area contributed by atoms with E-state index in [4.69, 9.17) is 4.52 Å². The van der Waals surface area contributed by atoms with Crippen molar-refractivity contribution in [2.75, 3.05) is 0 Å². The molecule has 9 heteroatoms. The van der Waals surface area contributed by atoms with Crippen molar-refractivity contribution < 1.29 is 29.5 Å². The maximum absolute atomic E-state index is 16.4. The first-order valence-electron chi connectivity index (χ1n) is 16.6. The predicted molar refractivity (Wildman–Crippen MR) is 190 cm³/mol. The lowest BCUT2D eigenvalue weighted by Gasteiger charge is -2.42. The molecule has 8 nitrogen and oxygen atoms in total. The molecule has 0 aliphatic carbocycles. The average molecular weight is 679 g/mol. The van der Waals surface area contributed by atoms with E-state index in [0.717, 1.165) is 22.3 Å². The molecule has 1 heterocycles. The van der Waals surface area contributed by atoms with Gasteiger partial charge in [-0.05, 0) is 58.4 Å². The highest BCUT2D eigenvalue weighted by Gasteiger charge is 2.55. The van der Waals surface area contributed by atoms with Crippen LogP contribution in [0.3, 0.4) is 0 Å². The van der Waals surface area contributed by atoms with Crippen molar-refractivity contribution in [3.8, 4) is 5.75 Å². The normalized spacial score (nSPS) is 23.2. The van der Waals surface area contributed by atoms with E-state index in [1.165, 1.54) is 0 Å². The molecule has 1 fully saturated rings. The molecule has 1 aliphatic heterocycles. The maximum Gasteiger partial charge on any atom is 0.397 e. The predicted octanol–water partition coefficient (Wildman–Crippen LogP) is 6.12. The Labute approximate surface area is 288 Å². The van der Waals surface area contributed by atoms with Crippen LogP contribution in [0.4, 0.5) is 0 Å². The summed E-state index contributed by atoms with van der Waals surface area (Å²) < 4.78 is 26.6. The Hall–Kier alpha value is -4.11. The van der Waals surface area contributed by atoms with Crippen LogP contribution in [-0.4, -0.2) is 54.1 Å². The Morgan fingerprint density at radius 3 is 1.29 bits per heavy atom. The first kappa shape index (κ1) is 34.7. The molecule has 254 valence electrons. The van der Waals surface area contributed by atoms with E-state index >= 15 is 4.57 Å². The number of benzene rings is 5. The van der Waals surface area contributed by atoms with Gasteiger partial charge in [0.15, 0.2) is 0 Å². The minimum atomic E-state index is -4.22. The number of aliphatic hydroxyl groups excluding tert-OH is 4. The average Bonchev–Trinajstić information content (AvgIpc) is 3.19. The molecule has 0 spiro atoms. The number of rotatable bonds is 12. The Kier molecular flexibility index (Phi) is 11.4. The second-order valence-electron chi connectivity index (χ2n) is 12.5. The van der Waals surface area contributed by atoms with Crippen LogP contribution in [0.15, 0.2) is 140 Å². The van der Waals surface area contributed by atoms with Crippen LogP contribution in [-0.2, 0) is 43.7 Å². The summed E-state index contributed by atoms with van der Waals surface area (Å²) in [6.45, 7) is -0.116. The smallest absolute Gasteiger partial charge is 0.397 e. The Morgan fingerprint density at radius 2 is 0.878 bits per heavy atom. The van der Waals surface area contributed by atoms with E-state index in [1.54, 1.807) is 21.5 Å². The summed E-state index contributed by atoms with van der Waals surface area (Å²) in [4.78, 5) is 0. The highest BCUT2D eigenvalue weighted by atomic mass is 31.2. The topological polar surface area (TPSA) is 114 Å². The minimum Gasteiger partial charge on any atom is -0.422 e. The lowest BCUT2D eigenvalue weighted by Crippen LogP contribution is -2.50. The van der Waals surface area contributed by atoms with Crippen molar-refractivity contribution >= 4 is 7.67 Å². The van der Waals surface area contributed by atoms with Crippen LogP contribution >= 0.6 is 7.67 Å². The van der Waals surface area contributed by atoms with Gasteiger partial charge < -0.3 is 24.9 Å². The minimum absolute atomic E-state index is 0.102. The molecule has 0 saturated carbocycles. The van der Waals surface area contributed by atoms with Gasteiger partial charge in [0.05, 0.1) is 37.5 Å². The van der Waals surface area contributed by atoms with Gasteiger partial charge in [0, 0.05) is 13.1 Å². The summed E-state index contributed by atoms with van der Waals surface area (Å²) in [6, 6.07) is 41.5. The van der Waals surface area contributed by atoms with E-state index in [9.17, 15) is 20.4 Å². The van der Waals surface area contributed by atoms with E-state index < -0.39 is 32.0 Å². The van der Waals surface area contributed by atoms with Crippen LogP contribution in [0, 0.1) is 0 Å². The molecule has 0 radical (unpaired) electrons. The van der Waals surface area contributed by atoms with E-state index in [0.29, 0.717) is 16.9 Å². The van der Waals surface area contributed by atoms with Gasteiger partial charge in [-0.15, -0.1) is 0 Å². The van der Waals surface area contributed by atoms with Crippen LogP contribution in [0.5, 0.6) is 5.75 Å². The summed E-state index contributed by atoms with van der Waals surface area (Å²) in [6.07, 6.45) is -2.08. The van der Waals surface area contributed by atoms with Gasteiger partial charge in [-0.25, -0.2) is 4.57 Å². The van der Waals surface area contributed by atoms with Crippen LogP contribution in [0.2, 0.25) is 0 Å². The molecule has 5 aromatic rings. The molecular formula is C40H43N2O6P. The number of nitrogens with zero attached hydrogens (tertiary/aromatic N) is 2. The molecule has 1 aliphatic rings. The largest absolute Gasteiger partial charge is 0.422 e. The fourth-order valence-electron chi connectivity index (χ4n) is 6.66. The lowest BCUT2D eigenvalue weighted by molar-refractivity contribution is -0.0408. The van der Waals surface area contributed by atoms with Gasteiger partial charge in [-0.2, -0.15) is 9.34 Å². The summed E-state index contributed by atoms with van der Waals surface area (Å²) in [5.74, 6) is 0.386. The van der Waals surface area contributed by atoms with Crippen LogP contribution in [0.1, 0.15) is 33.4 Å². The third-order valence-electron chi connectivity index (χ3n) is 9.13. The first-order chi connectivity index (χ1) is 23.9. The second-order valence-corrected chi connectivity index (χ2v) is 14.7. The molecule has 4 N–H and O–H groups in total. The molecule has 4 unspecified atom stereocenters. The Balaban J connectivity index is 1.57.